The SMILES string of the molecule is c1ccc(SC(Sc2ccccn2)=S=c2cccc[nH]2)nc1. The predicted molar refractivity (Wildman–Crippen MR) is 96.8 cm³/mol. The van der Waals surface area contributed by atoms with E-state index in [1.807, 2.05) is 67.1 Å². The maximum atomic E-state index is 4.39. The van der Waals surface area contributed by atoms with Gasteiger partial charge in [-0.3, -0.25) is 0 Å². The molecule has 0 saturated carbocycles. The molecular weight excluding hydrogens is 330 g/mol. The van der Waals surface area contributed by atoms with E-state index >= 15 is 0 Å². The third kappa shape index (κ3) is 4.62. The normalized spacial score (nSPS) is 10.2. The molecule has 0 fully saturated rings. The fourth-order valence-corrected chi connectivity index (χ4v) is 4.96. The smallest absolute Gasteiger partial charge is 0.108 e. The fraction of sp³-hybridized carbons (Fsp3) is 0. The Labute approximate surface area is 140 Å². The summed E-state index contributed by atoms with van der Waals surface area (Å²) in [6.45, 7) is 0. The molecule has 0 bridgehead atoms. The van der Waals surface area contributed by atoms with Crippen LogP contribution in [0.2, 0.25) is 0 Å². The van der Waals surface area contributed by atoms with Gasteiger partial charge >= 0.3 is 0 Å². The van der Waals surface area contributed by atoms with Crippen molar-refractivity contribution in [3.05, 3.63) is 77.8 Å². The summed E-state index contributed by atoms with van der Waals surface area (Å²) in [4.78, 5) is 12.0. The first-order valence-corrected chi connectivity index (χ1v) is 9.04. The lowest BCUT2D eigenvalue weighted by Gasteiger charge is -2.02. The fourth-order valence-electron chi connectivity index (χ4n) is 1.58. The van der Waals surface area contributed by atoms with Crippen molar-refractivity contribution in [2.75, 3.05) is 0 Å². The van der Waals surface area contributed by atoms with Gasteiger partial charge in [0.05, 0.1) is 4.64 Å². The van der Waals surface area contributed by atoms with Gasteiger partial charge in [-0.25, -0.2) is 9.97 Å². The van der Waals surface area contributed by atoms with Crippen molar-refractivity contribution >= 4 is 38.0 Å². The van der Waals surface area contributed by atoms with E-state index in [0.29, 0.717) is 0 Å². The summed E-state index contributed by atoms with van der Waals surface area (Å²) in [5.74, 6) is 0. The van der Waals surface area contributed by atoms with E-state index in [1.165, 1.54) is 0 Å². The Morgan fingerprint density at radius 1 is 0.773 bits per heavy atom. The molecule has 110 valence electrons. The third-order valence-corrected chi connectivity index (χ3v) is 5.90. The number of hydrogen-bond acceptors (Lipinski definition) is 4. The summed E-state index contributed by atoms with van der Waals surface area (Å²) >= 11 is 3.30. The van der Waals surface area contributed by atoms with Crippen LogP contribution < -0.4 is 0 Å². The summed E-state index contributed by atoms with van der Waals surface area (Å²) in [5.41, 5.74) is 0. The highest BCUT2D eigenvalue weighted by atomic mass is 32.2. The molecule has 0 amide bonds. The van der Waals surface area contributed by atoms with Gasteiger partial charge in [-0.2, -0.15) is 0 Å². The minimum atomic E-state index is 0.976. The zero-order chi connectivity index (χ0) is 15.0. The van der Waals surface area contributed by atoms with Gasteiger partial charge in [-0.1, -0.05) is 41.7 Å². The number of hydrogen-bond donors (Lipinski definition) is 1. The van der Waals surface area contributed by atoms with E-state index in [9.17, 15) is 0 Å². The quantitative estimate of drug-likeness (QED) is 0.539. The molecule has 3 heterocycles. The summed E-state index contributed by atoms with van der Waals surface area (Å²) in [6.07, 6.45) is 5.55. The van der Waals surface area contributed by atoms with E-state index in [4.69, 9.17) is 0 Å². The van der Waals surface area contributed by atoms with Crippen LogP contribution in [-0.4, -0.2) is 18.5 Å². The van der Waals surface area contributed by atoms with Crippen LogP contribution in [0.5, 0.6) is 0 Å². The largest absolute Gasteiger partial charge is 0.354 e. The Morgan fingerprint density at radius 3 is 1.91 bits per heavy atom. The van der Waals surface area contributed by atoms with E-state index in [-0.39, 0.29) is 0 Å². The highest BCUT2D eigenvalue weighted by Crippen LogP contribution is 2.29. The molecule has 22 heavy (non-hydrogen) atoms. The maximum absolute atomic E-state index is 4.39. The summed E-state index contributed by atoms with van der Waals surface area (Å²) < 4.78 is 2.24. The standard InChI is InChI=1S/C16H13N3S3/c1-4-10-17-13(7-1)20-16(21-14-8-2-5-11-18-14)22-15-9-3-6-12-19-15/h1-12,17H. The number of aromatic nitrogens is 3. The Hall–Kier alpha value is -1.76. The maximum Gasteiger partial charge on any atom is 0.108 e. The van der Waals surface area contributed by atoms with Crippen molar-refractivity contribution in [3.8, 4) is 0 Å². The van der Waals surface area contributed by atoms with Crippen LogP contribution in [0.15, 0.2) is 83.2 Å². The minimum absolute atomic E-state index is 0.976. The van der Waals surface area contributed by atoms with E-state index < -0.39 is 0 Å². The highest BCUT2D eigenvalue weighted by molar-refractivity contribution is 8.48. The second-order valence-corrected chi connectivity index (χ2v) is 8.01. The summed E-state index contributed by atoms with van der Waals surface area (Å²) in [7, 11) is 1.69. The first-order chi connectivity index (χ1) is 10.9. The van der Waals surface area contributed by atoms with Gasteiger partial charge < -0.3 is 4.98 Å². The monoisotopic (exact) mass is 343 g/mol. The van der Waals surface area contributed by atoms with Crippen molar-refractivity contribution < 1.29 is 0 Å². The topological polar surface area (TPSA) is 41.6 Å². The number of thioether (sulfide) groups is 2. The summed E-state index contributed by atoms with van der Waals surface area (Å²) in [6, 6.07) is 17.9. The number of nitrogens with zero attached hydrogens (tertiary/aromatic N) is 2. The Morgan fingerprint density at radius 2 is 1.41 bits per heavy atom. The van der Waals surface area contributed by atoms with Gasteiger partial charge in [0.2, 0.25) is 0 Å². The molecule has 0 unspecified atom stereocenters. The molecule has 3 aromatic heterocycles. The van der Waals surface area contributed by atoms with Gasteiger partial charge in [0.15, 0.2) is 0 Å². The van der Waals surface area contributed by atoms with Gasteiger partial charge in [-0.15, -0.1) is 10.9 Å². The Balaban J connectivity index is 1.98. The molecule has 3 aromatic rings. The zero-order valence-electron chi connectivity index (χ0n) is 11.5. The van der Waals surface area contributed by atoms with Crippen LogP contribution in [0.3, 0.4) is 0 Å². The lowest BCUT2D eigenvalue weighted by Crippen LogP contribution is -1.86. The number of H-pyrrole nitrogens is 1. The molecule has 0 aromatic carbocycles. The molecule has 0 atom stereocenters. The average Bonchev–Trinajstić information content (AvgIpc) is 2.57. The van der Waals surface area contributed by atoms with Crippen molar-refractivity contribution in [3.63, 3.8) is 0 Å². The van der Waals surface area contributed by atoms with Crippen molar-refractivity contribution in [1.82, 2.24) is 15.0 Å². The van der Waals surface area contributed by atoms with Gasteiger partial charge in [-0.05, 0) is 36.4 Å². The van der Waals surface area contributed by atoms with E-state index in [2.05, 4.69) is 21.0 Å². The van der Waals surface area contributed by atoms with Crippen LogP contribution in [0.4, 0.5) is 0 Å². The molecule has 6 heteroatoms. The molecule has 0 aliphatic carbocycles. The van der Waals surface area contributed by atoms with Gasteiger partial charge in [0.1, 0.15) is 13.6 Å². The molecule has 0 aliphatic heterocycles. The van der Waals surface area contributed by atoms with Crippen LogP contribution in [0.25, 0.3) is 0 Å². The number of pyridine rings is 3. The minimum Gasteiger partial charge on any atom is -0.354 e. The lowest BCUT2D eigenvalue weighted by atomic mass is 10.5. The lowest BCUT2D eigenvalue weighted by molar-refractivity contribution is 1.14. The van der Waals surface area contributed by atoms with Crippen LogP contribution >= 0.6 is 34.5 Å². The molecule has 0 spiro atoms. The molecular formula is C16H13N3S3. The molecule has 0 saturated heterocycles. The second-order valence-electron chi connectivity index (χ2n) is 4.12. The Bertz CT molecular complexity index is 765. The molecule has 1 N–H and O–H groups in total. The number of aromatic amines is 1. The van der Waals surface area contributed by atoms with Crippen molar-refractivity contribution in [2.45, 2.75) is 10.1 Å². The predicted octanol–water partition coefficient (Wildman–Crippen LogP) is 4.74. The van der Waals surface area contributed by atoms with Crippen LogP contribution in [0.1, 0.15) is 0 Å². The van der Waals surface area contributed by atoms with E-state index in [1.54, 1.807) is 34.5 Å². The molecule has 3 nitrogen and oxygen atoms in total. The molecule has 0 radical (unpaired) electrons. The van der Waals surface area contributed by atoms with Crippen LogP contribution in [-0.2, 0) is 0 Å². The highest BCUT2D eigenvalue weighted by Gasteiger charge is 2.05. The zero-order valence-corrected chi connectivity index (χ0v) is 14.0. The molecule has 3 rings (SSSR count). The van der Waals surface area contributed by atoms with E-state index in [0.717, 1.165) is 18.2 Å². The van der Waals surface area contributed by atoms with Gasteiger partial charge in [0.25, 0.3) is 0 Å². The summed E-state index contributed by atoms with van der Waals surface area (Å²) in [5, 5.41) is 1.95. The average molecular weight is 344 g/mol. The van der Waals surface area contributed by atoms with Crippen LogP contribution in [0, 0.1) is 4.64 Å². The Kier molecular flexibility index (Phi) is 5.53. The number of rotatable bonds is 2. The second kappa shape index (κ2) is 8.03. The van der Waals surface area contributed by atoms with Crippen molar-refractivity contribution in [2.24, 2.45) is 0 Å². The van der Waals surface area contributed by atoms with Gasteiger partial charge in [0, 0.05) is 18.6 Å². The number of nitrogens with one attached hydrogen (secondary N) is 1. The molecule has 0 aliphatic rings. The van der Waals surface area contributed by atoms with Crippen molar-refractivity contribution in [1.29, 1.82) is 0 Å². The first kappa shape index (κ1) is 15.1. The third-order valence-electron chi connectivity index (χ3n) is 2.53. The first-order valence-electron chi connectivity index (χ1n) is 6.59.